The van der Waals surface area contributed by atoms with Crippen LogP contribution in [0.2, 0.25) is 0 Å². The van der Waals surface area contributed by atoms with E-state index in [0.717, 1.165) is 28.1 Å². The topological polar surface area (TPSA) is 79.2 Å². The van der Waals surface area contributed by atoms with Crippen LogP contribution in [0, 0.1) is 0 Å². The van der Waals surface area contributed by atoms with Gasteiger partial charge in [-0.25, -0.2) is 8.78 Å². The van der Waals surface area contributed by atoms with E-state index >= 15 is 0 Å². The van der Waals surface area contributed by atoms with Gasteiger partial charge in [0.05, 0.1) is 13.2 Å². The molecule has 5 nitrogen and oxygen atoms in total. The van der Waals surface area contributed by atoms with Gasteiger partial charge >= 0.3 is 6.11 Å². The molecule has 0 aliphatic carbocycles. The van der Waals surface area contributed by atoms with Crippen LogP contribution < -0.4 is 0 Å². The Balaban J connectivity index is -0.000000307. The Labute approximate surface area is 109 Å². The number of methoxy groups -OCH3 is 1. The molecular formula is C10H22F4O5. The van der Waals surface area contributed by atoms with Crippen LogP contribution in [0.3, 0.4) is 0 Å². The van der Waals surface area contributed by atoms with Crippen LogP contribution in [0.1, 0.15) is 13.8 Å². The molecule has 0 saturated carbocycles. The highest BCUT2D eigenvalue weighted by Crippen LogP contribution is 2.13. The molecule has 0 fully saturated rings. The summed E-state index contributed by atoms with van der Waals surface area (Å²) in [5, 5.41) is 23.9. The number of halogens is 4. The van der Waals surface area contributed by atoms with E-state index in [9.17, 15) is 17.6 Å². The standard InChI is InChI=1S/C6H12F2O4.C3H6F2.CH4O/c1-11-6(7,8)4-12-3-5(10)2-9;1-3(2,4)5;1-2/h5,9-10H,2-4H2,1H3;1-2H3;2H,1H3. The molecule has 9 heteroatoms. The highest BCUT2D eigenvalue weighted by molar-refractivity contribution is 4.52. The molecule has 1 unspecified atom stereocenters. The number of hydrogen-bond acceptors (Lipinski definition) is 5. The van der Waals surface area contributed by atoms with Crippen LogP contribution in [0.4, 0.5) is 17.6 Å². The number of alkyl halides is 4. The van der Waals surface area contributed by atoms with Gasteiger partial charge in [0.1, 0.15) is 12.7 Å². The van der Waals surface area contributed by atoms with E-state index < -0.39 is 31.3 Å². The van der Waals surface area contributed by atoms with Crippen molar-refractivity contribution in [1.82, 2.24) is 0 Å². The third-order valence-corrected chi connectivity index (χ3v) is 1.09. The molecule has 0 aliphatic rings. The van der Waals surface area contributed by atoms with Gasteiger partial charge in [-0.15, -0.1) is 0 Å². The smallest absolute Gasteiger partial charge is 0.378 e. The lowest BCUT2D eigenvalue weighted by atomic mass is 10.4. The van der Waals surface area contributed by atoms with Gasteiger partial charge < -0.3 is 24.8 Å². The maximum absolute atomic E-state index is 12.2. The van der Waals surface area contributed by atoms with E-state index in [4.69, 9.17) is 15.3 Å². The summed E-state index contributed by atoms with van der Waals surface area (Å²) in [6, 6.07) is 0. The molecule has 0 radical (unpaired) electrons. The Morgan fingerprint density at radius 3 is 1.74 bits per heavy atom. The van der Waals surface area contributed by atoms with Crippen LogP contribution >= 0.6 is 0 Å². The van der Waals surface area contributed by atoms with Gasteiger partial charge in [-0.3, -0.25) is 0 Å². The van der Waals surface area contributed by atoms with Crippen molar-refractivity contribution in [1.29, 1.82) is 0 Å². The van der Waals surface area contributed by atoms with Crippen molar-refractivity contribution >= 4 is 0 Å². The fourth-order valence-corrected chi connectivity index (χ4v) is 0.425. The minimum absolute atomic E-state index is 0.338. The maximum atomic E-state index is 12.2. The molecule has 0 saturated heterocycles. The van der Waals surface area contributed by atoms with Crippen molar-refractivity contribution in [3.05, 3.63) is 0 Å². The van der Waals surface area contributed by atoms with Gasteiger partial charge in [-0.05, 0) is 13.8 Å². The molecule has 19 heavy (non-hydrogen) atoms. The van der Waals surface area contributed by atoms with Gasteiger partial charge in [0, 0.05) is 14.2 Å². The normalized spacial score (nSPS) is 12.8. The first-order chi connectivity index (χ1) is 8.52. The molecule has 120 valence electrons. The third-order valence-electron chi connectivity index (χ3n) is 1.09. The van der Waals surface area contributed by atoms with E-state index in [2.05, 4.69) is 9.47 Å². The first-order valence-corrected chi connectivity index (χ1v) is 5.14. The van der Waals surface area contributed by atoms with E-state index in [1.165, 1.54) is 0 Å². The van der Waals surface area contributed by atoms with Crippen molar-refractivity contribution in [2.75, 3.05) is 34.0 Å². The maximum Gasteiger partial charge on any atom is 0.378 e. The summed E-state index contributed by atoms with van der Waals surface area (Å²) in [6.45, 7) is -0.0748. The molecule has 0 heterocycles. The molecule has 0 aromatic rings. The van der Waals surface area contributed by atoms with Gasteiger partial charge in [-0.2, -0.15) is 8.78 Å². The third kappa shape index (κ3) is 31.8. The van der Waals surface area contributed by atoms with Gasteiger partial charge in [0.15, 0.2) is 0 Å². The van der Waals surface area contributed by atoms with Crippen LogP contribution in [0.5, 0.6) is 0 Å². The van der Waals surface area contributed by atoms with Crippen molar-refractivity contribution in [3.63, 3.8) is 0 Å². The molecule has 3 N–H and O–H groups in total. The molecular weight excluding hydrogens is 276 g/mol. The summed E-state index contributed by atoms with van der Waals surface area (Å²) < 4.78 is 54.6. The first kappa shape index (κ1) is 23.6. The minimum Gasteiger partial charge on any atom is -0.400 e. The highest BCUT2D eigenvalue weighted by atomic mass is 19.3. The summed E-state index contributed by atoms with van der Waals surface area (Å²) in [4.78, 5) is 0. The van der Waals surface area contributed by atoms with Gasteiger partial charge in [0.25, 0.3) is 0 Å². The quantitative estimate of drug-likeness (QED) is 0.634. The summed E-state index contributed by atoms with van der Waals surface area (Å²) in [6.07, 6.45) is -4.47. The molecule has 0 aromatic carbocycles. The Hall–Kier alpha value is -0.480. The van der Waals surface area contributed by atoms with Gasteiger partial charge in [-0.1, -0.05) is 0 Å². The van der Waals surface area contributed by atoms with Crippen molar-refractivity contribution in [2.45, 2.75) is 32.0 Å². The number of hydrogen-bond donors (Lipinski definition) is 3. The number of rotatable bonds is 6. The zero-order valence-corrected chi connectivity index (χ0v) is 11.4. The number of ether oxygens (including phenoxy) is 2. The van der Waals surface area contributed by atoms with Crippen LogP contribution in [0.15, 0.2) is 0 Å². The second-order valence-electron chi connectivity index (χ2n) is 3.52. The number of aliphatic hydroxyl groups excluding tert-OH is 3. The Morgan fingerprint density at radius 1 is 1.11 bits per heavy atom. The van der Waals surface area contributed by atoms with E-state index in [1.54, 1.807) is 0 Å². The Bertz CT molecular complexity index is 181. The lowest BCUT2D eigenvalue weighted by Gasteiger charge is -2.14. The van der Waals surface area contributed by atoms with Crippen LogP contribution in [-0.2, 0) is 9.47 Å². The SMILES string of the molecule is CC(C)(F)F.CO.COC(F)(F)COCC(O)CO. The largest absolute Gasteiger partial charge is 0.400 e. The molecule has 0 aromatic heterocycles. The fraction of sp³-hybridized carbons (Fsp3) is 1.00. The second kappa shape index (κ2) is 12.5. The zero-order chi connectivity index (χ0) is 16.1. The molecule has 1 atom stereocenters. The Kier molecular flexibility index (Phi) is 15.6. The lowest BCUT2D eigenvalue weighted by molar-refractivity contribution is -0.252. The zero-order valence-electron chi connectivity index (χ0n) is 11.4. The molecule has 0 rings (SSSR count). The monoisotopic (exact) mass is 298 g/mol. The second-order valence-corrected chi connectivity index (χ2v) is 3.52. The minimum atomic E-state index is -3.34. The average molecular weight is 298 g/mol. The summed E-state index contributed by atoms with van der Waals surface area (Å²) in [7, 11) is 1.85. The van der Waals surface area contributed by atoms with E-state index in [0.29, 0.717) is 0 Å². The first-order valence-electron chi connectivity index (χ1n) is 5.14. The predicted molar refractivity (Wildman–Crippen MR) is 60.3 cm³/mol. The highest BCUT2D eigenvalue weighted by Gasteiger charge is 2.28. The fourth-order valence-electron chi connectivity index (χ4n) is 0.425. The summed E-state index contributed by atoms with van der Waals surface area (Å²) in [5.41, 5.74) is 0. The molecule has 0 aliphatic heterocycles. The van der Waals surface area contributed by atoms with Crippen LogP contribution in [-0.4, -0.2) is 67.5 Å². The van der Waals surface area contributed by atoms with E-state index in [-0.39, 0.29) is 6.61 Å². The number of aliphatic hydroxyl groups is 3. The molecule has 0 bridgehead atoms. The average Bonchev–Trinajstić information content (AvgIpc) is 2.29. The summed E-state index contributed by atoms with van der Waals surface area (Å²) >= 11 is 0. The van der Waals surface area contributed by atoms with Crippen molar-refractivity contribution < 1.29 is 42.4 Å². The Morgan fingerprint density at radius 2 is 1.47 bits per heavy atom. The predicted octanol–water partition coefficient (Wildman–Crippen LogP) is 0.865. The van der Waals surface area contributed by atoms with E-state index in [1.807, 2.05) is 0 Å². The molecule has 0 spiro atoms. The lowest BCUT2D eigenvalue weighted by Crippen LogP contribution is -2.29. The van der Waals surface area contributed by atoms with Crippen molar-refractivity contribution in [2.24, 2.45) is 0 Å². The van der Waals surface area contributed by atoms with Crippen molar-refractivity contribution in [3.8, 4) is 0 Å². The van der Waals surface area contributed by atoms with Crippen LogP contribution in [0.25, 0.3) is 0 Å². The summed E-state index contributed by atoms with van der Waals surface area (Å²) in [5.74, 6) is -2.50. The van der Waals surface area contributed by atoms with Gasteiger partial charge in [0.2, 0.25) is 5.92 Å². The molecule has 0 amide bonds.